The van der Waals surface area contributed by atoms with Crippen molar-refractivity contribution in [3.05, 3.63) is 41.9 Å². The Morgan fingerprint density at radius 2 is 2.00 bits per heavy atom. The van der Waals surface area contributed by atoms with Crippen LogP contribution in [0.15, 0.2) is 30.6 Å². The van der Waals surface area contributed by atoms with Crippen molar-refractivity contribution < 1.29 is 4.74 Å². The van der Waals surface area contributed by atoms with Crippen LogP contribution in [0.4, 0.5) is 11.8 Å². The SMILES string of the molecule is CN(C)Cc1ccc(C2CCCN2CCNc2ccnc(N3CCOCC3)n2)nc1. The Morgan fingerprint density at radius 1 is 1.13 bits per heavy atom. The molecule has 4 heterocycles. The third-order valence-corrected chi connectivity index (χ3v) is 5.69. The molecule has 2 aliphatic rings. The highest BCUT2D eigenvalue weighted by atomic mass is 16.5. The molecule has 0 amide bonds. The maximum absolute atomic E-state index is 5.42. The topological polar surface area (TPSA) is 69.7 Å². The van der Waals surface area contributed by atoms with Gasteiger partial charge in [-0.05, 0) is 51.2 Å². The normalized spacial score (nSPS) is 20.1. The highest BCUT2D eigenvalue weighted by molar-refractivity contribution is 5.41. The molecule has 4 rings (SSSR count). The number of ether oxygens (including phenoxy) is 1. The molecule has 0 bridgehead atoms. The summed E-state index contributed by atoms with van der Waals surface area (Å²) >= 11 is 0. The van der Waals surface area contributed by atoms with Crippen molar-refractivity contribution in [2.75, 3.05) is 70.2 Å². The summed E-state index contributed by atoms with van der Waals surface area (Å²) in [5.41, 5.74) is 2.45. The van der Waals surface area contributed by atoms with Gasteiger partial charge in [0, 0.05) is 45.1 Å². The summed E-state index contributed by atoms with van der Waals surface area (Å²) < 4.78 is 5.42. The van der Waals surface area contributed by atoms with Crippen LogP contribution in [0.3, 0.4) is 0 Å². The van der Waals surface area contributed by atoms with Gasteiger partial charge in [0.2, 0.25) is 5.95 Å². The molecule has 1 atom stereocenters. The fourth-order valence-corrected chi connectivity index (χ4v) is 4.21. The summed E-state index contributed by atoms with van der Waals surface area (Å²) in [4.78, 5) is 20.8. The standard InChI is InChI=1S/C22H33N7O/c1-27(2)17-18-5-6-19(25-16-18)20-4-3-10-28(20)11-9-23-21-7-8-24-22(26-21)29-12-14-30-15-13-29/h5-8,16,20H,3-4,9-15,17H2,1-2H3,(H,23,24,26). The molecule has 2 aromatic rings. The van der Waals surface area contributed by atoms with Crippen LogP contribution >= 0.6 is 0 Å². The van der Waals surface area contributed by atoms with Gasteiger partial charge in [-0.25, -0.2) is 4.98 Å². The van der Waals surface area contributed by atoms with Crippen LogP contribution in [-0.2, 0) is 11.3 Å². The van der Waals surface area contributed by atoms with E-state index in [2.05, 4.69) is 56.2 Å². The predicted octanol–water partition coefficient (Wildman–Crippen LogP) is 2.02. The zero-order valence-corrected chi connectivity index (χ0v) is 18.1. The van der Waals surface area contributed by atoms with E-state index in [1.165, 1.54) is 24.1 Å². The quantitative estimate of drug-likeness (QED) is 0.708. The number of anilines is 2. The van der Waals surface area contributed by atoms with Gasteiger partial charge in [-0.1, -0.05) is 6.07 Å². The van der Waals surface area contributed by atoms with Crippen LogP contribution in [0.2, 0.25) is 0 Å². The smallest absolute Gasteiger partial charge is 0.227 e. The molecule has 1 unspecified atom stereocenters. The predicted molar refractivity (Wildman–Crippen MR) is 119 cm³/mol. The summed E-state index contributed by atoms with van der Waals surface area (Å²) in [7, 11) is 4.17. The Bertz CT molecular complexity index is 792. The first-order chi connectivity index (χ1) is 14.7. The molecule has 2 saturated heterocycles. The third-order valence-electron chi connectivity index (χ3n) is 5.69. The minimum Gasteiger partial charge on any atom is -0.378 e. The van der Waals surface area contributed by atoms with Gasteiger partial charge in [0.1, 0.15) is 5.82 Å². The Hall–Kier alpha value is -2.29. The number of morpholine rings is 1. The van der Waals surface area contributed by atoms with E-state index in [1.54, 1.807) is 0 Å². The summed E-state index contributed by atoms with van der Waals surface area (Å²) in [6, 6.07) is 6.77. The minimum atomic E-state index is 0.412. The summed E-state index contributed by atoms with van der Waals surface area (Å²) in [5.74, 6) is 1.66. The summed E-state index contributed by atoms with van der Waals surface area (Å²) in [6.07, 6.45) is 6.26. The lowest BCUT2D eigenvalue weighted by molar-refractivity contribution is 0.122. The fraction of sp³-hybridized carbons (Fsp3) is 0.591. The van der Waals surface area contributed by atoms with Crippen molar-refractivity contribution >= 4 is 11.8 Å². The molecule has 2 aliphatic heterocycles. The number of rotatable bonds is 8. The van der Waals surface area contributed by atoms with E-state index in [9.17, 15) is 0 Å². The monoisotopic (exact) mass is 411 g/mol. The highest BCUT2D eigenvalue weighted by Gasteiger charge is 2.26. The lowest BCUT2D eigenvalue weighted by atomic mass is 10.1. The summed E-state index contributed by atoms with van der Waals surface area (Å²) in [6.45, 7) is 7.05. The van der Waals surface area contributed by atoms with E-state index in [1.807, 2.05) is 18.5 Å². The highest BCUT2D eigenvalue weighted by Crippen LogP contribution is 2.30. The van der Waals surface area contributed by atoms with Gasteiger partial charge in [-0.3, -0.25) is 9.88 Å². The van der Waals surface area contributed by atoms with E-state index in [0.717, 1.165) is 64.2 Å². The van der Waals surface area contributed by atoms with E-state index in [0.29, 0.717) is 6.04 Å². The molecule has 0 aliphatic carbocycles. The molecule has 8 nitrogen and oxygen atoms in total. The van der Waals surface area contributed by atoms with Gasteiger partial charge >= 0.3 is 0 Å². The number of pyridine rings is 1. The molecule has 0 aromatic carbocycles. The Kier molecular flexibility index (Phi) is 7.09. The van der Waals surface area contributed by atoms with Gasteiger partial charge in [-0.15, -0.1) is 0 Å². The first-order valence-corrected chi connectivity index (χ1v) is 10.9. The van der Waals surface area contributed by atoms with Crippen LogP contribution in [-0.4, -0.2) is 84.8 Å². The average molecular weight is 412 g/mol. The molecule has 0 saturated carbocycles. The van der Waals surface area contributed by atoms with Crippen molar-refractivity contribution in [3.8, 4) is 0 Å². The van der Waals surface area contributed by atoms with E-state index < -0.39 is 0 Å². The van der Waals surface area contributed by atoms with Gasteiger partial charge in [0.05, 0.1) is 24.9 Å². The number of hydrogen-bond donors (Lipinski definition) is 1. The number of hydrogen-bond acceptors (Lipinski definition) is 8. The Labute approximate surface area is 179 Å². The van der Waals surface area contributed by atoms with Crippen LogP contribution in [0, 0.1) is 0 Å². The maximum Gasteiger partial charge on any atom is 0.227 e. The number of nitrogens with zero attached hydrogens (tertiary/aromatic N) is 6. The molecule has 162 valence electrons. The molecule has 0 spiro atoms. The second kappa shape index (κ2) is 10.1. The molecule has 8 heteroatoms. The maximum atomic E-state index is 5.42. The minimum absolute atomic E-state index is 0.412. The second-order valence-corrected chi connectivity index (χ2v) is 8.29. The van der Waals surface area contributed by atoms with E-state index >= 15 is 0 Å². The van der Waals surface area contributed by atoms with E-state index in [4.69, 9.17) is 9.72 Å². The largest absolute Gasteiger partial charge is 0.378 e. The van der Waals surface area contributed by atoms with Crippen molar-refractivity contribution in [1.82, 2.24) is 24.8 Å². The first-order valence-electron chi connectivity index (χ1n) is 10.9. The van der Waals surface area contributed by atoms with Crippen LogP contribution in [0.5, 0.6) is 0 Å². The second-order valence-electron chi connectivity index (χ2n) is 8.29. The zero-order valence-electron chi connectivity index (χ0n) is 18.1. The molecule has 0 radical (unpaired) electrons. The van der Waals surface area contributed by atoms with Crippen LogP contribution < -0.4 is 10.2 Å². The van der Waals surface area contributed by atoms with Crippen molar-refractivity contribution in [2.45, 2.75) is 25.4 Å². The number of aromatic nitrogens is 3. The van der Waals surface area contributed by atoms with Gasteiger partial charge in [0.15, 0.2) is 0 Å². The first kappa shape index (κ1) is 21.0. The molecule has 2 fully saturated rings. The van der Waals surface area contributed by atoms with Crippen molar-refractivity contribution in [3.63, 3.8) is 0 Å². The number of nitrogens with one attached hydrogen (secondary N) is 1. The van der Waals surface area contributed by atoms with Gasteiger partial charge < -0.3 is 19.9 Å². The molecule has 30 heavy (non-hydrogen) atoms. The lowest BCUT2D eigenvalue weighted by Crippen LogP contribution is -2.37. The fourth-order valence-electron chi connectivity index (χ4n) is 4.21. The molecule has 2 aromatic heterocycles. The van der Waals surface area contributed by atoms with Gasteiger partial charge in [0.25, 0.3) is 0 Å². The molecular weight excluding hydrogens is 378 g/mol. The van der Waals surface area contributed by atoms with Crippen LogP contribution in [0.1, 0.15) is 30.1 Å². The van der Waals surface area contributed by atoms with Gasteiger partial charge in [-0.2, -0.15) is 4.98 Å². The van der Waals surface area contributed by atoms with Crippen molar-refractivity contribution in [1.29, 1.82) is 0 Å². The number of likely N-dealkylation sites (tertiary alicyclic amines) is 1. The third kappa shape index (κ3) is 5.44. The Balaban J connectivity index is 1.30. The Morgan fingerprint density at radius 3 is 2.77 bits per heavy atom. The summed E-state index contributed by atoms with van der Waals surface area (Å²) in [5, 5.41) is 3.48. The van der Waals surface area contributed by atoms with Crippen molar-refractivity contribution in [2.24, 2.45) is 0 Å². The average Bonchev–Trinajstić information content (AvgIpc) is 3.23. The van der Waals surface area contributed by atoms with Crippen LogP contribution in [0.25, 0.3) is 0 Å². The lowest BCUT2D eigenvalue weighted by Gasteiger charge is -2.27. The van der Waals surface area contributed by atoms with E-state index in [-0.39, 0.29) is 0 Å². The molecule has 1 N–H and O–H groups in total. The zero-order chi connectivity index (χ0) is 20.8. The molecular formula is C22H33N7O.